The number of aliphatic hydroxyl groups is 1. The van der Waals surface area contributed by atoms with Gasteiger partial charge in [-0.2, -0.15) is 5.26 Å². The molecule has 0 spiro atoms. The van der Waals surface area contributed by atoms with Gasteiger partial charge < -0.3 is 5.11 Å². The first-order valence-electron chi connectivity index (χ1n) is 7.62. The molecule has 0 amide bonds. The minimum Gasteiger partial charge on any atom is -0.392 e. The van der Waals surface area contributed by atoms with Crippen molar-refractivity contribution in [3.05, 3.63) is 71.4 Å². The molecule has 0 radical (unpaired) electrons. The topological polar surface area (TPSA) is 83.1 Å². The van der Waals surface area contributed by atoms with Crippen LogP contribution in [0.2, 0.25) is 0 Å². The van der Waals surface area contributed by atoms with Gasteiger partial charge in [-0.05, 0) is 37.3 Å². The van der Waals surface area contributed by atoms with Crippen molar-refractivity contribution in [3.8, 4) is 6.07 Å². The predicted octanol–water partition coefficient (Wildman–Crippen LogP) is 3.06. The molecule has 3 aromatic rings. The van der Waals surface area contributed by atoms with Gasteiger partial charge in [0.25, 0.3) is 10.0 Å². The van der Waals surface area contributed by atoms with Crippen molar-refractivity contribution in [1.82, 2.24) is 3.97 Å². The van der Waals surface area contributed by atoms with Crippen LogP contribution in [0, 0.1) is 18.3 Å². The minimum absolute atomic E-state index is 0.157. The summed E-state index contributed by atoms with van der Waals surface area (Å²) in [5, 5.41) is 18.7. The summed E-state index contributed by atoms with van der Waals surface area (Å²) >= 11 is 0. The largest absolute Gasteiger partial charge is 0.392 e. The standard InChI is InChI=1S/C19H16N2O3S/c1-14-4-7-17(8-5-14)25(23,24)21-13-16(3-2-10-22)18-11-15(12-20)6-9-19(18)21/h2-9,11,13,22H,10H2,1H3/b3-2+. The van der Waals surface area contributed by atoms with Gasteiger partial charge in [-0.3, -0.25) is 0 Å². The highest BCUT2D eigenvalue weighted by Crippen LogP contribution is 2.28. The number of hydrogen-bond acceptors (Lipinski definition) is 4. The molecular weight excluding hydrogens is 336 g/mol. The van der Waals surface area contributed by atoms with Gasteiger partial charge in [0, 0.05) is 17.1 Å². The van der Waals surface area contributed by atoms with E-state index >= 15 is 0 Å². The number of fused-ring (bicyclic) bond motifs is 1. The number of aryl methyl sites for hydroxylation is 1. The second-order valence-corrected chi connectivity index (χ2v) is 7.44. The number of nitrogens with zero attached hydrogens (tertiary/aromatic N) is 2. The number of hydrogen-bond donors (Lipinski definition) is 1. The number of aliphatic hydroxyl groups excluding tert-OH is 1. The Morgan fingerprint density at radius 3 is 2.56 bits per heavy atom. The van der Waals surface area contributed by atoms with Crippen molar-refractivity contribution < 1.29 is 13.5 Å². The van der Waals surface area contributed by atoms with Crippen LogP contribution in [-0.2, 0) is 10.0 Å². The smallest absolute Gasteiger partial charge is 0.268 e. The van der Waals surface area contributed by atoms with Gasteiger partial charge in [0.1, 0.15) is 0 Å². The van der Waals surface area contributed by atoms with Gasteiger partial charge in [-0.1, -0.05) is 29.8 Å². The van der Waals surface area contributed by atoms with Gasteiger partial charge in [0.05, 0.1) is 28.7 Å². The Morgan fingerprint density at radius 1 is 1.20 bits per heavy atom. The average Bonchev–Trinajstić information content (AvgIpc) is 2.98. The van der Waals surface area contributed by atoms with E-state index in [0.29, 0.717) is 22.0 Å². The number of nitriles is 1. The van der Waals surface area contributed by atoms with Crippen LogP contribution in [0.25, 0.3) is 17.0 Å². The van der Waals surface area contributed by atoms with Crippen LogP contribution in [0.3, 0.4) is 0 Å². The van der Waals surface area contributed by atoms with Crippen LogP contribution < -0.4 is 0 Å². The third-order valence-electron chi connectivity index (χ3n) is 3.91. The number of aromatic nitrogens is 1. The summed E-state index contributed by atoms with van der Waals surface area (Å²) in [4.78, 5) is 0.192. The van der Waals surface area contributed by atoms with Gasteiger partial charge in [-0.25, -0.2) is 12.4 Å². The molecule has 0 fully saturated rings. The highest BCUT2D eigenvalue weighted by Gasteiger charge is 2.20. The average molecular weight is 352 g/mol. The van der Waals surface area contributed by atoms with E-state index in [1.807, 2.05) is 6.92 Å². The van der Waals surface area contributed by atoms with E-state index in [4.69, 9.17) is 10.4 Å². The van der Waals surface area contributed by atoms with Crippen LogP contribution in [-0.4, -0.2) is 24.1 Å². The Morgan fingerprint density at radius 2 is 1.92 bits per heavy atom. The van der Waals surface area contributed by atoms with Crippen molar-refractivity contribution in [3.63, 3.8) is 0 Å². The summed E-state index contributed by atoms with van der Waals surface area (Å²) in [5.41, 5.74) is 2.52. The number of benzene rings is 2. The van der Waals surface area contributed by atoms with Crippen molar-refractivity contribution in [2.45, 2.75) is 11.8 Å². The highest BCUT2D eigenvalue weighted by atomic mass is 32.2. The first-order chi connectivity index (χ1) is 12.0. The predicted molar refractivity (Wildman–Crippen MR) is 96.5 cm³/mol. The fourth-order valence-electron chi connectivity index (χ4n) is 2.63. The molecule has 0 saturated carbocycles. The van der Waals surface area contributed by atoms with Crippen LogP contribution in [0.4, 0.5) is 0 Å². The van der Waals surface area contributed by atoms with Crippen LogP contribution in [0.5, 0.6) is 0 Å². The molecule has 0 aliphatic rings. The maximum absolute atomic E-state index is 13.0. The van der Waals surface area contributed by atoms with E-state index in [-0.39, 0.29) is 11.5 Å². The van der Waals surface area contributed by atoms with E-state index in [1.54, 1.807) is 48.5 Å². The third kappa shape index (κ3) is 3.07. The van der Waals surface area contributed by atoms with E-state index in [9.17, 15) is 8.42 Å². The van der Waals surface area contributed by atoms with Gasteiger partial charge >= 0.3 is 0 Å². The second-order valence-electron chi connectivity index (χ2n) is 5.63. The first-order valence-corrected chi connectivity index (χ1v) is 9.06. The van der Waals surface area contributed by atoms with Crippen molar-refractivity contribution in [1.29, 1.82) is 5.26 Å². The minimum atomic E-state index is -3.77. The van der Waals surface area contributed by atoms with Crippen LogP contribution >= 0.6 is 0 Å². The zero-order chi connectivity index (χ0) is 18.0. The third-order valence-corrected chi connectivity index (χ3v) is 5.60. The molecule has 126 valence electrons. The zero-order valence-corrected chi connectivity index (χ0v) is 14.4. The molecule has 1 heterocycles. The summed E-state index contributed by atoms with van der Waals surface area (Å²) in [5.74, 6) is 0. The lowest BCUT2D eigenvalue weighted by molar-refractivity contribution is 0.343. The molecule has 3 rings (SSSR count). The molecule has 1 N–H and O–H groups in total. The Balaban J connectivity index is 2.27. The summed E-state index contributed by atoms with van der Waals surface area (Å²) in [7, 11) is -3.77. The van der Waals surface area contributed by atoms with E-state index in [0.717, 1.165) is 5.56 Å². The maximum atomic E-state index is 13.0. The summed E-state index contributed by atoms with van der Waals surface area (Å²) in [6.45, 7) is 1.73. The SMILES string of the molecule is Cc1ccc(S(=O)(=O)n2cc(/C=C/CO)c3cc(C#N)ccc32)cc1. The molecule has 0 aliphatic heterocycles. The monoisotopic (exact) mass is 352 g/mol. The summed E-state index contributed by atoms with van der Waals surface area (Å²) in [6.07, 6.45) is 4.68. The molecular formula is C19H16N2O3S. The quantitative estimate of drug-likeness (QED) is 0.782. The molecule has 0 atom stereocenters. The van der Waals surface area contributed by atoms with Crippen molar-refractivity contribution in [2.24, 2.45) is 0 Å². The van der Waals surface area contributed by atoms with Crippen LogP contribution in [0.15, 0.2) is 59.6 Å². The van der Waals surface area contributed by atoms with Crippen molar-refractivity contribution >= 4 is 27.0 Å². The highest BCUT2D eigenvalue weighted by molar-refractivity contribution is 7.90. The normalized spacial score (nSPS) is 11.9. The number of rotatable bonds is 4. The molecule has 0 aliphatic carbocycles. The molecule has 5 nitrogen and oxygen atoms in total. The van der Waals surface area contributed by atoms with Crippen molar-refractivity contribution in [2.75, 3.05) is 6.61 Å². The molecule has 6 heteroatoms. The molecule has 0 bridgehead atoms. The van der Waals surface area contributed by atoms with E-state index in [2.05, 4.69) is 6.07 Å². The Hall–Kier alpha value is -2.88. The molecule has 0 unspecified atom stereocenters. The Kier molecular flexibility index (Phi) is 4.45. The van der Waals surface area contributed by atoms with Gasteiger partial charge in [0.15, 0.2) is 0 Å². The maximum Gasteiger partial charge on any atom is 0.268 e. The van der Waals surface area contributed by atoms with Gasteiger partial charge in [0.2, 0.25) is 0 Å². The van der Waals surface area contributed by atoms with E-state index in [1.165, 1.54) is 16.2 Å². The van der Waals surface area contributed by atoms with E-state index < -0.39 is 10.0 Å². The lowest BCUT2D eigenvalue weighted by Gasteiger charge is -2.08. The molecule has 0 saturated heterocycles. The lowest BCUT2D eigenvalue weighted by Crippen LogP contribution is -2.11. The summed E-state index contributed by atoms with van der Waals surface area (Å²) < 4.78 is 27.3. The fraction of sp³-hybridized carbons (Fsp3) is 0.105. The Bertz CT molecular complexity index is 1100. The Labute approximate surface area is 146 Å². The molecule has 2 aromatic carbocycles. The second kappa shape index (κ2) is 6.55. The zero-order valence-electron chi connectivity index (χ0n) is 13.5. The molecule has 25 heavy (non-hydrogen) atoms. The van der Waals surface area contributed by atoms with Gasteiger partial charge in [-0.15, -0.1) is 0 Å². The molecule has 1 aromatic heterocycles. The lowest BCUT2D eigenvalue weighted by atomic mass is 10.1. The summed E-state index contributed by atoms with van der Waals surface area (Å²) in [6, 6.07) is 13.6. The van der Waals surface area contributed by atoms with Crippen LogP contribution in [0.1, 0.15) is 16.7 Å². The first kappa shape index (κ1) is 17.0. The fourth-order valence-corrected chi connectivity index (χ4v) is 4.01.